The molecular formula is C17H25Cl2N3O2S2. The van der Waals surface area contributed by atoms with Gasteiger partial charge in [0.25, 0.3) is 0 Å². The molecule has 0 aliphatic carbocycles. The van der Waals surface area contributed by atoms with Gasteiger partial charge in [-0.15, -0.1) is 36.2 Å². The van der Waals surface area contributed by atoms with Crippen molar-refractivity contribution in [1.82, 2.24) is 9.88 Å². The molecule has 9 heteroatoms. The van der Waals surface area contributed by atoms with Crippen LogP contribution in [-0.2, 0) is 16.4 Å². The van der Waals surface area contributed by atoms with E-state index in [1.807, 2.05) is 12.1 Å². The Hall–Kier alpha value is -0.700. The van der Waals surface area contributed by atoms with Crippen molar-refractivity contribution in [3.63, 3.8) is 0 Å². The Labute approximate surface area is 171 Å². The highest BCUT2D eigenvalue weighted by Gasteiger charge is 2.32. The summed E-state index contributed by atoms with van der Waals surface area (Å²) in [4.78, 5) is 7.44. The Morgan fingerprint density at radius 2 is 1.92 bits per heavy atom. The summed E-state index contributed by atoms with van der Waals surface area (Å²) in [5.41, 5.74) is 8.10. The molecule has 0 radical (unpaired) electrons. The molecule has 1 unspecified atom stereocenters. The van der Waals surface area contributed by atoms with Gasteiger partial charge in [0.15, 0.2) is 9.84 Å². The van der Waals surface area contributed by atoms with Gasteiger partial charge in [0, 0.05) is 30.3 Å². The van der Waals surface area contributed by atoms with E-state index in [0.717, 1.165) is 48.9 Å². The lowest BCUT2D eigenvalue weighted by molar-refractivity contribution is 0.272. The van der Waals surface area contributed by atoms with Crippen LogP contribution in [0.25, 0.3) is 10.6 Å². The third kappa shape index (κ3) is 5.41. The smallest absolute Gasteiger partial charge is 0.175 e. The fraction of sp³-hybridized carbons (Fsp3) is 0.471. The number of halogens is 2. The summed E-state index contributed by atoms with van der Waals surface area (Å²) >= 11 is 1.59. The number of hydrogen-bond donors (Lipinski definition) is 1. The zero-order valence-corrected chi connectivity index (χ0v) is 18.1. The quantitative estimate of drug-likeness (QED) is 0.776. The molecule has 26 heavy (non-hydrogen) atoms. The van der Waals surface area contributed by atoms with E-state index in [9.17, 15) is 8.42 Å². The van der Waals surface area contributed by atoms with Crippen LogP contribution < -0.4 is 5.73 Å². The first-order valence-electron chi connectivity index (χ1n) is 7.96. The second-order valence-corrected chi connectivity index (χ2v) is 9.79. The second-order valence-electron chi connectivity index (χ2n) is 6.92. The minimum Gasteiger partial charge on any atom is -0.330 e. The first-order chi connectivity index (χ1) is 11.3. The molecule has 1 aliphatic heterocycles. The SMILES string of the molecule is CC1(CN)CCN(Cc2csc(-c3ccc(S(C)(=O)=O)cc3)n2)C1.Cl.Cl. The van der Waals surface area contributed by atoms with Crippen molar-refractivity contribution < 1.29 is 8.42 Å². The minimum atomic E-state index is -3.16. The molecule has 0 bridgehead atoms. The van der Waals surface area contributed by atoms with E-state index in [1.54, 1.807) is 23.5 Å². The highest BCUT2D eigenvalue weighted by atomic mass is 35.5. The lowest BCUT2D eigenvalue weighted by Crippen LogP contribution is -2.31. The number of benzene rings is 1. The van der Waals surface area contributed by atoms with Crippen molar-refractivity contribution in [2.24, 2.45) is 11.1 Å². The molecule has 1 saturated heterocycles. The molecule has 1 aliphatic rings. The van der Waals surface area contributed by atoms with Gasteiger partial charge in [-0.3, -0.25) is 4.90 Å². The van der Waals surface area contributed by atoms with Crippen LogP contribution in [0.3, 0.4) is 0 Å². The molecular weight excluding hydrogens is 413 g/mol. The maximum Gasteiger partial charge on any atom is 0.175 e. The Balaban J connectivity index is 0.00000169. The van der Waals surface area contributed by atoms with E-state index in [2.05, 4.69) is 17.2 Å². The predicted molar refractivity (Wildman–Crippen MR) is 112 cm³/mol. The number of likely N-dealkylation sites (tertiary alicyclic amines) is 1. The van der Waals surface area contributed by atoms with E-state index in [4.69, 9.17) is 10.7 Å². The summed E-state index contributed by atoms with van der Waals surface area (Å²) in [6.07, 6.45) is 2.35. The van der Waals surface area contributed by atoms with Gasteiger partial charge in [-0.1, -0.05) is 19.1 Å². The van der Waals surface area contributed by atoms with E-state index in [1.165, 1.54) is 6.26 Å². The van der Waals surface area contributed by atoms with Gasteiger partial charge in [-0.2, -0.15) is 0 Å². The topological polar surface area (TPSA) is 76.3 Å². The molecule has 1 aromatic carbocycles. The van der Waals surface area contributed by atoms with Crippen LogP contribution in [0.1, 0.15) is 19.0 Å². The normalized spacial score (nSPS) is 20.4. The van der Waals surface area contributed by atoms with Crippen molar-refractivity contribution in [1.29, 1.82) is 0 Å². The van der Waals surface area contributed by atoms with Crippen LogP contribution in [0.5, 0.6) is 0 Å². The fourth-order valence-electron chi connectivity index (χ4n) is 3.01. The van der Waals surface area contributed by atoms with Crippen molar-refractivity contribution in [3.05, 3.63) is 35.3 Å². The lowest BCUT2D eigenvalue weighted by Gasteiger charge is -2.22. The third-order valence-electron chi connectivity index (χ3n) is 4.60. The van der Waals surface area contributed by atoms with Crippen molar-refractivity contribution in [2.45, 2.75) is 24.8 Å². The summed E-state index contributed by atoms with van der Waals surface area (Å²) in [6, 6.07) is 6.92. The number of sulfone groups is 1. The largest absolute Gasteiger partial charge is 0.330 e. The Morgan fingerprint density at radius 1 is 1.27 bits per heavy atom. The van der Waals surface area contributed by atoms with E-state index in [0.29, 0.717) is 4.90 Å². The molecule has 3 rings (SSSR count). The number of thiazole rings is 1. The van der Waals surface area contributed by atoms with Crippen LogP contribution in [-0.4, -0.2) is 44.2 Å². The monoisotopic (exact) mass is 437 g/mol. The predicted octanol–water partition coefficient (Wildman–Crippen LogP) is 3.23. The summed E-state index contributed by atoms with van der Waals surface area (Å²) < 4.78 is 23.1. The van der Waals surface area contributed by atoms with E-state index < -0.39 is 9.84 Å². The Kier molecular flexibility index (Phi) is 8.07. The molecule has 2 heterocycles. The first kappa shape index (κ1) is 23.3. The molecule has 1 atom stereocenters. The molecule has 2 N–H and O–H groups in total. The molecule has 146 valence electrons. The number of nitrogens with two attached hydrogens (primary N) is 1. The van der Waals surface area contributed by atoms with Gasteiger partial charge in [0.2, 0.25) is 0 Å². The van der Waals surface area contributed by atoms with Gasteiger partial charge in [-0.25, -0.2) is 13.4 Å². The molecule has 1 fully saturated rings. The van der Waals surface area contributed by atoms with Crippen LogP contribution in [0.15, 0.2) is 34.5 Å². The number of hydrogen-bond acceptors (Lipinski definition) is 6. The van der Waals surface area contributed by atoms with E-state index in [-0.39, 0.29) is 30.2 Å². The van der Waals surface area contributed by atoms with Crippen molar-refractivity contribution >= 4 is 46.0 Å². The molecule has 2 aromatic rings. The maximum absolute atomic E-state index is 11.5. The lowest BCUT2D eigenvalue weighted by atomic mass is 9.90. The Morgan fingerprint density at radius 3 is 2.46 bits per heavy atom. The average molecular weight is 438 g/mol. The van der Waals surface area contributed by atoms with Crippen LogP contribution >= 0.6 is 36.2 Å². The standard InChI is InChI=1S/C17H23N3O2S2.2ClH/c1-17(11-18)7-8-20(12-17)9-14-10-23-16(19-14)13-3-5-15(6-4-13)24(2,21)22;;/h3-6,10H,7-9,11-12,18H2,1-2H3;2*1H. The molecule has 5 nitrogen and oxygen atoms in total. The average Bonchev–Trinajstić information content (AvgIpc) is 3.15. The van der Waals surface area contributed by atoms with Gasteiger partial charge in [-0.05, 0) is 37.1 Å². The molecule has 0 amide bonds. The van der Waals surface area contributed by atoms with Crippen LogP contribution in [0.2, 0.25) is 0 Å². The zero-order chi connectivity index (χ0) is 17.4. The highest BCUT2D eigenvalue weighted by molar-refractivity contribution is 7.90. The summed E-state index contributed by atoms with van der Waals surface area (Å²) in [6.45, 7) is 5.87. The van der Waals surface area contributed by atoms with Crippen LogP contribution in [0, 0.1) is 5.41 Å². The highest BCUT2D eigenvalue weighted by Crippen LogP contribution is 2.31. The van der Waals surface area contributed by atoms with Gasteiger partial charge in [0.05, 0.1) is 10.6 Å². The van der Waals surface area contributed by atoms with E-state index >= 15 is 0 Å². The second kappa shape index (κ2) is 8.99. The maximum atomic E-state index is 11.5. The Bertz CT molecular complexity index is 825. The van der Waals surface area contributed by atoms with Gasteiger partial charge in [0.1, 0.15) is 5.01 Å². The number of aromatic nitrogens is 1. The number of nitrogens with zero attached hydrogens (tertiary/aromatic N) is 2. The third-order valence-corrected chi connectivity index (χ3v) is 6.67. The molecule has 0 saturated carbocycles. The van der Waals surface area contributed by atoms with Gasteiger partial charge >= 0.3 is 0 Å². The summed E-state index contributed by atoms with van der Waals surface area (Å²) in [7, 11) is -3.16. The summed E-state index contributed by atoms with van der Waals surface area (Å²) in [5.74, 6) is 0. The summed E-state index contributed by atoms with van der Waals surface area (Å²) in [5, 5.41) is 3.00. The van der Waals surface area contributed by atoms with Crippen molar-refractivity contribution in [3.8, 4) is 10.6 Å². The molecule has 1 aromatic heterocycles. The zero-order valence-electron chi connectivity index (χ0n) is 14.8. The minimum absolute atomic E-state index is 0. The fourth-order valence-corrected chi connectivity index (χ4v) is 4.46. The van der Waals surface area contributed by atoms with Gasteiger partial charge < -0.3 is 5.73 Å². The number of rotatable bonds is 5. The van der Waals surface area contributed by atoms with Crippen LogP contribution in [0.4, 0.5) is 0 Å². The van der Waals surface area contributed by atoms with Crippen molar-refractivity contribution in [2.75, 3.05) is 25.9 Å². The first-order valence-corrected chi connectivity index (χ1v) is 10.7. The molecule has 0 spiro atoms.